The molecule has 1 saturated heterocycles. The average molecular weight is 369 g/mol. The van der Waals surface area contributed by atoms with Gasteiger partial charge in [-0.15, -0.1) is 0 Å². The predicted octanol–water partition coefficient (Wildman–Crippen LogP) is 2.86. The van der Waals surface area contributed by atoms with Gasteiger partial charge in [-0.25, -0.2) is 4.98 Å². The first-order valence-electron chi connectivity index (χ1n) is 8.89. The summed E-state index contributed by atoms with van der Waals surface area (Å²) in [5.41, 5.74) is 1.99. The van der Waals surface area contributed by atoms with Crippen molar-refractivity contribution in [2.45, 2.75) is 44.7 Å². The number of likely N-dealkylation sites (N-methyl/N-ethyl adjacent to an activating group) is 1. The minimum Gasteiger partial charge on any atom is -0.352 e. The Hall–Kier alpha value is -2.24. The molecule has 1 aliphatic heterocycles. The van der Waals surface area contributed by atoms with Crippen LogP contribution in [-0.4, -0.2) is 51.0 Å². The molecule has 2 fully saturated rings. The Bertz CT molecular complexity index is 845. The number of nitriles is 1. The van der Waals surface area contributed by atoms with E-state index in [1.807, 2.05) is 26.1 Å². The van der Waals surface area contributed by atoms with Crippen LogP contribution in [0.3, 0.4) is 0 Å². The number of rotatable bonds is 6. The third kappa shape index (κ3) is 3.13. The van der Waals surface area contributed by atoms with Gasteiger partial charge in [0, 0.05) is 30.9 Å². The van der Waals surface area contributed by atoms with Gasteiger partial charge in [0.05, 0.1) is 23.7 Å². The van der Waals surface area contributed by atoms with Crippen LogP contribution >= 0.6 is 11.5 Å². The summed E-state index contributed by atoms with van der Waals surface area (Å²) >= 11 is 1.41. The van der Waals surface area contributed by atoms with Gasteiger partial charge < -0.3 is 10.2 Å². The highest BCUT2D eigenvalue weighted by Gasteiger charge is 2.50. The molecule has 0 radical (unpaired) electrons. The second-order valence-corrected chi connectivity index (χ2v) is 8.22. The van der Waals surface area contributed by atoms with Crippen molar-refractivity contribution >= 4 is 28.3 Å². The summed E-state index contributed by atoms with van der Waals surface area (Å²) in [5, 5.41) is 13.5. The van der Waals surface area contributed by atoms with Crippen LogP contribution in [-0.2, 0) is 0 Å². The van der Waals surface area contributed by atoms with E-state index >= 15 is 0 Å². The molecule has 0 bridgehead atoms. The Kier molecular flexibility index (Phi) is 4.29. The summed E-state index contributed by atoms with van der Waals surface area (Å²) in [6, 6.07) is 5.02. The van der Waals surface area contributed by atoms with E-state index in [4.69, 9.17) is 4.98 Å². The van der Waals surface area contributed by atoms with Crippen molar-refractivity contribution in [3.8, 4) is 6.07 Å². The van der Waals surface area contributed by atoms with Gasteiger partial charge in [0.2, 0.25) is 5.95 Å². The normalized spacial score (nSPS) is 18.5. The van der Waals surface area contributed by atoms with Crippen LogP contribution in [0, 0.1) is 25.2 Å². The predicted molar refractivity (Wildman–Crippen MR) is 103 cm³/mol. The maximum atomic E-state index is 9.30. The molecule has 136 valence electrons. The molecule has 2 aromatic rings. The fourth-order valence-electron chi connectivity index (χ4n) is 3.62. The maximum absolute atomic E-state index is 9.30. The zero-order chi connectivity index (χ0) is 18.3. The number of hydrogen-bond donors (Lipinski definition) is 1. The fourth-order valence-corrected chi connectivity index (χ4v) is 4.27. The van der Waals surface area contributed by atoms with Crippen LogP contribution in [0.15, 0.2) is 12.3 Å². The third-order valence-corrected chi connectivity index (χ3v) is 6.12. The van der Waals surface area contributed by atoms with Crippen LogP contribution in [0.2, 0.25) is 0 Å². The smallest absolute Gasteiger partial charge is 0.229 e. The molecule has 0 amide bonds. The molecule has 0 atom stereocenters. The van der Waals surface area contributed by atoms with Crippen molar-refractivity contribution in [1.29, 1.82) is 5.26 Å². The number of hydrogen-bond acceptors (Lipinski definition) is 8. The molecule has 1 saturated carbocycles. The minimum absolute atomic E-state index is 0.0459. The Morgan fingerprint density at radius 2 is 2.19 bits per heavy atom. The van der Waals surface area contributed by atoms with E-state index in [0.29, 0.717) is 18.4 Å². The second-order valence-electron chi connectivity index (χ2n) is 7.42. The van der Waals surface area contributed by atoms with E-state index in [1.54, 1.807) is 0 Å². The van der Waals surface area contributed by atoms with Gasteiger partial charge in [-0.2, -0.15) is 14.6 Å². The molecule has 0 spiro atoms. The van der Waals surface area contributed by atoms with Crippen LogP contribution < -0.4 is 10.2 Å². The molecule has 7 nitrogen and oxygen atoms in total. The Labute approximate surface area is 157 Å². The lowest BCUT2D eigenvalue weighted by Gasteiger charge is -2.55. The summed E-state index contributed by atoms with van der Waals surface area (Å²) < 4.78 is 4.27. The summed E-state index contributed by atoms with van der Waals surface area (Å²) in [5.74, 6) is 1.53. The van der Waals surface area contributed by atoms with Crippen LogP contribution in [0.1, 0.15) is 30.5 Å². The Morgan fingerprint density at radius 3 is 2.81 bits per heavy atom. The first kappa shape index (κ1) is 17.2. The van der Waals surface area contributed by atoms with Crippen molar-refractivity contribution in [3.63, 3.8) is 0 Å². The molecule has 8 heteroatoms. The quantitative estimate of drug-likeness (QED) is 0.838. The van der Waals surface area contributed by atoms with Crippen molar-refractivity contribution in [3.05, 3.63) is 23.5 Å². The molecule has 1 aliphatic carbocycles. The standard InChI is InChI=1S/C18H23N7S/c1-12-9-20-17(21-15-8-13(2)23-26-15)22-16(12)25-10-18(11-25,6-7-19)24(3)14-4-5-14/h8-9,14H,4-6,10-11H2,1-3H3,(H,20,21,22). The first-order chi connectivity index (χ1) is 12.5. The van der Waals surface area contributed by atoms with Gasteiger partial charge in [-0.05, 0) is 51.3 Å². The highest BCUT2D eigenvalue weighted by Crippen LogP contribution is 2.40. The summed E-state index contributed by atoms with van der Waals surface area (Å²) in [6.07, 6.45) is 4.91. The van der Waals surface area contributed by atoms with Crippen LogP contribution in [0.5, 0.6) is 0 Å². The van der Waals surface area contributed by atoms with E-state index in [-0.39, 0.29) is 5.54 Å². The van der Waals surface area contributed by atoms with Crippen molar-refractivity contribution < 1.29 is 0 Å². The first-order valence-corrected chi connectivity index (χ1v) is 9.67. The number of aryl methyl sites for hydroxylation is 2. The molecular weight excluding hydrogens is 346 g/mol. The summed E-state index contributed by atoms with van der Waals surface area (Å²) in [7, 11) is 2.16. The molecule has 4 rings (SSSR count). The molecule has 2 aliphatic rings. The van der Waals surface area contributed by atoms with Crippen molar-refractivity contribution in [2.75, 3.05) is 30.4 Å². The molecule has 0 unspecified atom stereocenters. The highest BCUT2D eigenvalue weighted by atomic mass is 32.1. The van der Waals surface area contributed by atoms with Crippen LogP contribution in [0.25, 0.3) is 0 Å². The maximum Gasteiger partial charge on any atom is 0.229 e. The van der Waals surface area contributed by atoms with Gasteiger partial charge in [-0.3, -0.25) is 4.90 Å². The zero-order valence-corrected chi connectivity index (χ0v) is 16.2. The monoisotopic (exact) mass is 369 g/mol. The number of aromatic nitrogens is 3. The lowest BCUT2D eigenvalue weighted by molar-refractivity contribution is 0.0806. The van der Waals surface area contributed by atoms with Gasteiger partial charge >= 0.3 is 0 Å². The summed E-state index contributed by atoms with van der Waals surface area (Å²) in [4.78, 5) is 13.8. The Morgan fingerprint density at radius 1 is 1.42 bits per heavy atom. The zero-order valence-electron chi connectivity index (χ0n) is 15.4. The molecule has 26 heavy (non-hydrogen) atoms. The number of anilines is 3. The van der Waals surface area contributed by atoms with Gasteiger partial charge in [0.15, 0.2) is 0 Å². The Balaban J connectivity index is 1.51. The average Bonchev–Trinajstić information content (AvgIpc) is 3.35. The van der Waals surface area contributed by atoms with E-state index < -0.39 is 0 Å². The lowest BCUT2D eigenvalue weighted by atomic mass is 9.84. The molecule has 1 N–H and O–H groups in total. The molecule has 2 aromatic heterocycles. The van der Waals surface area contributed by atoms with E-state index in [9.17, 15) is 5.26 Å². The fraction of sp³-hybridized carbons (Fsp3) is 0.556. The topological polar surface area (TPSA) is 81.0 Å². The third-order valence-electron chi connectivity index (χ3n) is 5.33. The van der Waals surface area contributed by atoms with Gasteiger partial charge in [0.25, 0.3) is 0 Å². The van der Waals surface area contributed by atoms with Gasteiger partial charge in [-0.1, -0.05) is 0 Å². The molecule has 0 aromatic carbocycles. The minimum atomic E-state index is -0.0459. The second kappa shape index (κ2) is 6.49. The molecular formula is C18H23N7S. The van der Waals surface area contributed by atoms with E-state index in [2.05, 4.69) is 37.6 Å². The SMILES string of the molecule is Cc1cc(Nc2ncc(C)c(N3CC(CC#N)(N(C)C4CC4)C3)n2)sn1. The van der Waals surface area contributed by atoms with E-state index in [1.165, 1.54) is 24.4 Å². The molecule has 3 heterocycles. The van der Waals surface area contributed by atoms with Gasteiger partial charge in [0.1, 0.15) is 10.8 Å². The van der Waals surface area contributed by atoms with Crippen molar-refractivity contribution in [1.82, 2.24) is 19.2 Å². The highest BCUT2D eigenvalue weighted by molar-refractivity contribution is 7.10. The van der Waals surface area contributed by atoms with Crippen LogP contribution in [0.4, 0.5) is 16.8 Å². The number of nitrogens with zero attached hydrogens (tertiary/aromatic N) is 6. The van der Waals surface area contributed by atoms with Crippen molar-refractivity contribution in [2.24, 2.45) is 0 Å². The largest absolute Gasteiger partial charge is 0.352 e. The number of nitrogens with one attached hydrogen (secondary N) is 1. The van der Waals surface area contributed by atoms with E-state index in [0.717, 1.165) is 35.2 Å². The summed E-state index contributed by atoms with van der Waals surface area (Å²) in [6.45, 7) is 5.67. The lowest BCUT2D eigenvalue weighted by Crippen LogP contribution is -2.70.